The van der Waals surface area contributed by atoms with Crippen LogP contribution in [0.3, 0.4) is 0 Å². The van der Waals surface area contributed by atoms with Gasteiger partial charge in [-0.15, -0.1) is 0 Å². The van der Waals surface area contributed by atoms with E-state index in [0.29, 0.717) is 6.42 Å². The SMILES string of the molecule is COC(=O)CCCCCCCCCCCCCC1CC1. The molecule has 0 amide bonds. The average Bonchev–Trinajstić information content (AvgIpc) is 3.27. The number of carbonyl (C=O) groups excluding carboxylic acids is 1. The zero-order valence-corrected chi connectivity index (χ0v) is 13.5. The fraction of sp³-hybridized carbons (Fsp3) is 0.944. The molecule has 1 aliphatic carbocycles. The molecule has 0 unspecified atom stereocenters. The molecule has 0 saturated heterocycles. The maximum atomic E-state index is 10.9. The first-order chi connectivity index (χ1) is 9.83. The first-order valence-electron chi connectivity index (χ1n) is 8.89. The molecule has 0 N–H and O–H groups in total. The fourth-order valence-corrected chi connectivity index (χ4v) is 2.80. The topological polar surface area (TPSA) is 26.3 Å². The monoisotopic (exact) mass is 282 g/mol. The average molecular weight is 282 g/mol. The van der Waals surface area contributed by atoms with Gasteiger partial charge in [0, 0.05) is 6.42 Å². The molecule has 2 nitrogen and oxygen atoms in total. The van der Waals surface area contributed by atoms with Crippen LogP contribution in [0.4, 0.5) is 0 Å². The molecule has 0 bridgehead atoms. The molecule has 1 fully saturated rings. The highest BCUT2D eigenvalue weighted by Gasteiger charge is 2.19. The number of ether oxygens (including phenoxy) is 1. The summed E-state index contributed by atoms with van der Waals surface area (Å²) in [7, 11) is 1.47. The van der Waals surface area contributed by atoms with E-state index in [0.717, 1.165) is 12.3 Å². The molecule has 20 heavy (non-hydrogen) atoms. The van der Waals surface area contributed by atoms with Crippen molar-refractivity contribution in [3.63, 3.8) is 0 Å². The molecule has 0 aromatic carbocycles. The maximum absolute atomic E-state index is 10.9. The zero-order valence-electron chi connectivity index (χ0n) is 13.5. The number of rotatable bonds is 14. The molecule has 0 aliphatic heterocycles. The summed E-state index contributed by atoms with van der Waals surface area (Å²) in [4.78, 5) is 10.9. The van der Waals surface area contributed by atoms with Crippen LogP contribution < -0.4 is 0 Å². The van der Waals surface area contributed by atoms with Crippen LogP contribution in [0.15, 0.2) is 0 Å². The van der Waals surface area contributed by atoms with Crippen molar-refractivity contribution in [2.24, 2.45) is 5.92 Å². The van der Waals surface area contributed by atoms with Gasteiger partial charge in [-0.3, -0.25) is 4.79 Å². The van der Waals surface area contributed by atoms with Crippen molar-refractivity contribution in [1.82, 2.24) is 0 Å². The number of hydrogen-bond acceptors (Lipinski definition) is 2. The molecule has 0 atom stereocenters. The van der Waals surface area contributed by atoms with Gasteiger partial charge in [0.1, 0.15) is 0 Å². The van der Waals surface area contributed by atoms with Gasteiger partial charge < -0.3 is 4.74 Å². The second kappa shape index (κ2) is 12.2. The molecule has 0 spiro atoms. The lowest BCUT2D eigenvalue weighted by molar-refractivity contribution is -0.140. The van der Waals surface area contributed by atoms with E-state index in [2.05, 4.69) is 4.74 Å². The van der Waals surface area contributed by atoms with Crippen molar-refractivity contribution < 1.29 is 9.53 Å². The minimum atomic E-state index is -0.0633. The van der Waals surface area contributed by atoms with Crippen LogP contribution in [0.5, 0.6) is 0 Å². The van der Waals surface area contributed by atoms with Crippen LogP contribution in [-0.2, 0) is 9.53 Å². The van der Waals surface area contributed by atoms with Crippen molar-refractivity contribution >= 4 is 5.97 Å². The molecular weight excluding hydrogens is 248 g/mol. The van der Waals surface area contributed by atoms with E-state index in [4.69, 9.17) is 0 Å². The van der Waals surface area contributed by atoms with E-state index in [1.165, 1.54) is 90.6 Å². The summed E-state index contributed by atoms with van der Waals surface area (Å²) < 4.78 is 4.63. The Balaban J connectivity index is 1.64. The Labute approximate surface area is 125 Å². The van der Waals surface area contributed by atoms with E-state index in [9.17, 15) is 4.79 Å². The van der Waals surface area contributed by atoms with Crippen LogP contribution in [0.2, 0.25) is 0 Å². The molecule has 0 aromatic heterocycles. The summed E-state index contributed by atoms with van der Waals surface area (Å²) in [5.41, 5.74) is 0. The van der Waals surface area contributed by atoms with E-state index in [1.54, 1.807) is 0 Å². The van der Waals surface area contributed by atoms with Crippen molar-refractivity contribution in [2.45, 2.75) is 96.3 Å². The molecular formula is C18H34O2. The molecule has 0 aromatic rings. The van der Waals surface area contributed by atoms with Gasteiger partial charge in [0.2, 0.25) is 0 Å². The van der Waals surface area contributed by atoms with Crippen molar-refractivity contribution in [3.8, 4) is 0 Å². The maximum Gasteiger partial charge on any atom is 0.305 e. The third-order valence-corrected chi connectivity index (χ3v) is 4.42. The molecule has 1 saturated carbocycles. The predicted octanol–water partition coefficient (Wildman–Crippen LogP) is 5.64. The minimum Gasteiger partial charge on any atom is -0.469 e. The third-order valence-electron chi connectivity index (χ3n) is 4.42. The summed E-state index contributed by atoms with van der Waals surface area (Å²) in [5.74, 6) is 1.06. The second-order valence-corrected chi connectivity index (χ2v) is 6.45. The largest absolute Gasteiger partial charge is 0.469 e. The van der Waals surface area contributed by atoms with Crippen molar-refractivity contribution in [3.05, 3.63) is 0 Å². The first kappa shape index (κ1) is 17.5. The van der Waals surface area contributed by atoms with Crippen LogP contribution in [0, 0.1) is 5.92 Å². The van der Waals surface area contributed by atoms with Crippen molar-refractivity contribution in [2.75, 3.05) is 7.11 Å². The Bertz CT molecular complexity index is 234. The van der Waals surface area contributed by atoms with Gasteiger partial charge in [-0.1, -0.05) is 83.5 Å². The van der Waals surface area contributed by atoms with Crippen LogP contribution >= 0.6 is 0 Å². The van der Waals surface area contributed by atoms with Crippen LogP contribution in [0.1, 0.15) is 96.3 Å². The van der Waals surface area contributed by atoms with E-state index >= 15 is 0 Å². The van der Waals surface area contributed by atoms with Crippen LogP contribution in [-0.4, -0.2) is 13.1 Å². The summed E-state index contributed by atoms with van der Waals surface area (Å²) in [5, 5.41) is 0. The van der Waals surface area contributed by atoms with Gasteiger partial charge in [0.15, 0.2) is 0 Å². The predicted molar refractivity (Wildman–Crippen MR) is 84.8 cm³/mol. The number of unbranched alkanes of at least 4 members (excludes halogenated alkanes) is 10. The molecule has 1 aliphatic rings. The molecule has 0 radical (unpaired) electrons. The van der Waals surface area contributed by atoms with E-state index in [-0.39, 0.29) is 5.97 Å². The summed E-state index contributed by atoms with van der Waals surface area (Å²) in [6, 6.07) is 0. The van der Waals surface area contributed by atoms with E-state index < -0.39 is 0 Å². The van der Waals surface area contributed by atoms with Gasteiger partial charge >= 0.3 is 5.97 Å². The number of methoxy groups -OCH3 is 1. The Morgan fingerprint density at radius 3 is 1.70 bits per heavy atom. The lowest BCUT2D eigenvalue weighted by Gasteiger charge is -2.03. The Morgan fingerprint density at radius 2 is 1.25 bits per heavy atom. The smallest absolute Gasteiger partial charge is 0.305 e. The standard InChI is InChI=1S/C18H34O2/c1-20-18(19)14-12-10-8-6-4-2-3-5-7-9-11-13-17-15-16-17/h17H,2-16H2,1H3. The summed E-state index contributed by atoms with van der Waals surface area (Å²) >= 11 is 0. The Morgan fingerprint density at radius 1 is 0.800 bits per heavy atom. The van der Waals surface area contributed by atoms with Crippen LogP contribution in [0.25, 0.3) is 0 Å². The van der Waals surface area contributed by atoms with Gasteiger partial charge in [-0.25, -0.2) is 0 Å². The van der Waals surface area contributed by atoms with Gasteiger partial charge in [0.25, 0.3) is 0 Å². The zero-order chi connectivity index (χ0) is 14.5. The third kappa shape index (κ3) is 11.3. The summed E-state index contributed by atoms with van der Waals surface area (Å²) in [6.45, 7) is 0. The fourth-order valence-electron chi connectivity index (χ4n) is 2.80. The minimum absolute atomic E-state index is 0.0633. The second-order valence-electron chi connectivity index (χ2n) is 6.45. The molecule has 0 heterocycles. The normalized spacial score (nSPS) is 14.4. The summed E-state index contributed by atoms with van der Waals surface area (Å²) in [6.07, 6.45) is 19.9. The molecule has 2 heteroatoms. The number of esters is 1. The van der Waals surface area contributed by atoms with Gasteiger partial charge in [-0.2, -0.15) is 0 Å². The molecule has 1 rings (SSSR count). The number of hydrogen-bond donors (Lipinski definition) is 0. The molecule has 118 valence electrons. The lowest BCUT2D eigenvalue weighted by Crippen LogP contribution is -1.99. The highest BCUT2D eigenvalue weighted by molar-refractivity contribution is 5.68. The lowest BCUT2D eigenvalue weighted by atomic mass is 10.0. The van der Waals surface area contributed by atoms with Gasteiger partial charge in [-0.05, 0) is 12.3 Å². The Hall–Kier alpha value is -0.530. The van der Waals surface area contributed by atoms with E-state index in [1.807, 2.05) is 0 Å². The highest BCUT2D eigenvalue weighted by atomic mass is 16.5. The quantitative estimate of drug-likeness (QED) is 0.304. The highest BCUT2D eigenvalue weighted by Crippen LogP contribution is 2.34. The first-order valence-corrected chi connectivity index (χ1v) is 8.89. The van der Waals surface area contributed by atoms with Crippen molar-refractivity contribution in [1.29, 1.82) is 0 Å². The Kier molecular flexibility index (Phi) is 10.7. The van der Waals surface area contributed by atoms with Gasteiger partial charge in [0.05, 0.1) is 7.11 Å². The number of carbonyl (C=O) groups is 1.